The minimum absolute atomic E-state index is 0.0146. The fourth-order valence-electron chi connectivity index (χ4n) is 0.854. The molecular formula is C6H4N2O4S. The monoisotopic (exact) mass is 200 g/mol. The van der Waals surface area contributed by atoms with Gasteiger partial charge in [-0.2, -0.15) is 0 Å². The summed E-state index contributed by atoms with van der Waals surface area (Å²) in [7, 11) is 0. The van der Waals surface area contributed by atoms with Gasteiger partial charge in [0, 0.05) is 6.07 Å². The van der Waals surface area contributed by atoms with Crippen LogP contribution in [0.3, 0.4) is 0 Å². The van der Waals surface area contributed by atoms with Crippen molar-refractivity contribution in [3.05, 3.63) is 38.4 Å². The van der Waals surface area contributed by atoms with Crippen LogP contribution in [0.25, 0.3) is 0 Å². The molecule has 68 valence electrons. The SMILES string of the molecule is O=[N+]([O-])c1cccc(S)c1[N+](=O)[O-]. The van der Waals surface area contributed by atoms with E-state index in [-0.39, 0.29) is 4.90 Å². The standard InChI is InChI=1S/C6H4N2O4S/c9-7(10)4-2-1-3-5(13)6(4)8(11)12/h1-3,13H. The molecule has 1 aromatic rings. The van der Waals surface area contributed by atoms with Crippen LogP contribution in [0.1, 0.15) is 0 Å². The predicted molar refractivity (Wildman–Crippen MR) is 47.0 cm³/mol. The molecular weight excluding hydrogens is 196 g/mol. The zero-order chi connectivity index (χ0) is 10.0. The third-order valence-electron chi connectivity index (χ3n) is 1.37. The topological polar surface area (TPSA) is 86.3 Å². The molecule has 6 nitrogen and oxygen atoms in total. The van der Waals surface area contributed by atoms with Gasteiger partial charge in [-0.3, -0.25) is 20.2 Å². The molecule has 0 saturated heterocycles. The highest BCUT2D eigenvalue weighted by Gasteiger charge is 2.26. The first-order valence-electron chi connectivity index (χ1n) is 3.15. The predicted octanol–water partition coefficient (Wildman–Crippen LogP) is 1.79. The molecule has 0 amide bonds. The molecule has 0 spiro atoms. The van der Waals surface area contributed by atoms with Crippen molar-refractivity contribution in [3.63, 3.8) is 0 Å². The third-order valence-corrected chi connectivity index (χ3v) is 1.73. The highest BCUT2D eigenvalue weighted by Crippen LogP contribution is 2.32. The summed E-state index contributed by atoms with van der Waals surface area (Å²) in [5.41, 5.74) is -1.12. The molecule has 0 aliphatic carbocycles. The normalized spacial score (nSPS) is 9.62. The molecule has 0 saturated carbocycles. The lowest BCUT2D eigenvalue weighted by atomic mass is 10.3. The molecule has 0 bridgehead atoms. The van der Waals surface area contributed by atoms with Gasteiger partial charge in [0.15, 0.2) is 0 Å². The smallest absolute Gasteiger partial charge is 0.258 e. The zero-order valence-electron chi connectivity index (χ0n) is 6.21. The van der Waals surface area contributed by atoms with Crippen molar-refractivity contribution in [2.75, 3.05) is 0 Å². The molecule has 1 rings (SSSR count). The summed E-state index contributed by atoms with van der Waals surface area (Å²) >= 11 is 3.76. The number of hydrogen-bond donors (Lipinski definition) is 1. The Morgan fingerprint density at radius 2 is 1.77 bits per heavy atom. The number of thiol groups is 1. The molecule has 7 heteroatoms. The van der Waals surface area contributed by atoms with Gasteiger partial charge in [-0.1, -0.05) is 6.07 Å². The number of nitrogens with zero attached hydrogens (tertiary/aromatic N) is 2. The van der Waals surface area contributed by atoms with Crippen molar-refractivity contribution in [2.45, 2.75) is 4.90 Å². The zero-order valence-corrected chi connectivity index (χ0v) is 7.10. The van der Waals surface area contributed by atoms with Gasteiger partial charge < -0.3 is 0 Å². The van der Waals surface area contributed by atoms with Crippen molar-refractivity contribution < 1.29 is 9.85 Å². The van der Waals surface area contributed by atoms with Gasteiger partial charge in [0.25, 0.3) is 0 Å². The van der Waals surface area contributed by atoms with Gasteiger partial charge in [-0.05, 0) is 6.07 Å². The van der Waals surface area contributed by atoms with E-state index in [4.69, 9.17) is 0 Å². The van der Waals surface area contributed by atoms with E-state index >= 15 is 0 Å². The second kappa shape index (κ2) is 3.40. The van der Waals surface area contributed by atoms with Crippen LogP contribution < -0.4 is 0 Å². The second-order valence-corrected chi connectivity index (χ2v) is 2.64. The Morgan fingerprint density at radius 3 is 2.15 bits per heavy atom. The molecule has 0 atom stereocenters. The van der Waals surface area contributed by atoms with Gasteiger partial charge in [-0.15, -0.1) is 12.6 Å². The Bertz CT molecular complexity index is 379. The van der Waals surface area contributed by atoms with Crippen molar-refractivity contribution >= 4 is 24.0 Å². The largest absolute Gasteiger partial charge is 0.359 e. The first-order chi connectivity index (χ1) is 6.04. The lowest BCUT2D eigenvalue weighted by molar-refractivity contribution is -0.424. The first-order valence-corrected chi connectivity index (χ1v) is 3.59. The average Bonchev–Trinajstić information content (AvgIpc) is 2.02. The molecule has 1 aromatic carbocycles. The summed E-state index contributed by atoms with van der Waals surface area (Å²) in [6.07, 6.45) is 0. The summed E-state index contributed by atoms with van der Waals surface area (Å²) in [6.45, 7) is 0. The summed E-state index contributed by atoms with van der Waals surface area (Å²) < 4.78 is 0. The van der Waals surface area contributed by atoms with Crippen molar-refractivity contribution in [1.29, 1.82) is 0 Å². The van der Waals surface area contributed by atoms with E-state index in [0.717, 1.165) is 6.07 Å². The Kier molecular flexibility index (Phi) is 2.47. The van der Waals surface area contributed by atoms with Gasteiger partial charge in [0.1, 0.15) is 0 Å². The molecule has 0 aliphatic heterocycles. The summed E-state index contributed by atoms with van der Waals surface area (Å²) in [5, 5.41) is 20.7. The van der Waals surface area contributed by atoms with Gasteiger partial charge >= 0.3 is 11.4 Å². The van der Waals surface area contributed by atoms with E-state index < -0.39 is 21.2 Å². The van der Waals surface area contributed by atoms with Crippen LogP contribution in [0, 0.1) is 20.2 Å². The number of para-hydroxylation sites is 1. The van der Waals surface area contributed by atoms with E-state index in [9.17, 15) is 20.2 Å². The van der Waals surface area contributed by atoms with Crippen molar-refractivity contribution in [2.24, 2.45) is 0 Å². The summed E-state index contributed by atoms with van der Waals surface area (Å²) in [5.74, 6) is 0. The van der Waals surface area contributed by atoms with E-state index in [1.165, 1.54) is 12.1 Å². The number of nitro benzene ring substituents is 2. The minimum Gasteiger partial charge on any atom is -0.258 e. The van der Waals surface area contributed by atoms with Crippen LogP contribution in [-0.2, 0) is 0 Å². The fourth-order valence-corrected chi connectivity index (χ4v) is 1.14. The maximum absolute atomic E-state index is 10.4. The average molecular weight is 200 g/mol. The van der Waals surface area contributed by atoms with Crippen LogP contribution >= 0.6 is 12.6 Å². The molecule has 0 heterocycles. The molecule has 13 heavy (non-hydrogen) atoms. The summed E-state index contributed by atoms with van der Waals surface area (Å²) in [4.78, 5) is 19.1. The molecule has 0 aliphatic rings. The van der Waals surface area contributed by atoms with Gasteiger partial charge in [0.2, 0.25) is 0 Å². The van der Waals surface area contributed by atoms with Crippen LogP contribution in [-0.4, -0.2) is 9.85 Å². The second-order valence-electron chi connectivity index (χ2n) is 2.16. The van der Waals surface area contributed by atoms with Crippen LogP contribution in [0.5, 0.6) is 0 Å². The number of hydrogen-bond acceptors (Lipinski definition) is 5. The lowest BCUT2D eigenvalue weighted by Gasteiger charge is -1.95. The Morgan fingerprint density at radius 1 is 1.15 bits per heavy atom. The number of nitro groups is 2. The molecule has 0 radical (unpaired) electrons. The molecule has 0 aromatic heterocycles. The number of rotatable bonds is 2. The Hall–Kier alpha value is -1.63. The highest BCUT2D eigenvalue weighted by atomic mass is 32.1. The van der Waals surface area contributed by atoms with Crippen LogP contribution in [0.4, 0.5) is 11.4 Å². The molecule has 0 N–H and O–H groups in total. The molecule has 0 fully saturated rings. The van der Waals surface area contributed by atoms with E-state index in [2.05, 4.69) is 12.6 Å². The first kappa shape index (κ1) is 9.46. The lowest BCUT2D eigenvalue weighted by Crippen LogP contribution is -1.96. The minimum atomic E-state index is -0.819. The number of benzene rings is 1. The van der Waals surface area contributed by atoms with E-state index in [0.29, 0.717) is 0 Å². The van der Waals surface area contributed by atoms with Crippen molar-refractivity contribution in [1.82, 2.24) is 0 Å². The quantitative estimate of drug-likeness (QED) is 0.448. The summed E-state index contributed by atoms with van der Waals surface area (Å²) in [6, 6.07) is 3.74. The third kappa shape index (κ3) is 1.75. The van der Waals surface area contributed by atoms with Crippen molar-refractivity contribution in [3.8, 4) is 0 Å². The van der Waals surface area contributed by atoms with E-state index in [1.54, 1.807) is 0 Å². The van der Waals surface area contributed by atoms with Gasteiger partial charge in [-0.25, -0.2) is 0 Å². The Balaban J connectivity index is 3.43. The molecule has 0 unspecified atom stereocenters. The Labute approximate surface area is 77.9 Å². The van der Waals surface area contributed by atoms with E-state index in [1.807, 2.05) is 0 Å². The van der Waals surface area contributed by atoms with Crippen LogP contribution in [0.15, 0.2) is 23.1 Å². The maximum atomic E-state index is 10.4. The van der Waals surface area contributed by atoms with Crippen LogP contribution in [0.2, 0.25) is 0 Å². The maximum Gasteiger partial charge on any atom is 0.359 e. The van der Waals surface area contributed by atoms with Gasteiger partial charge in [0.05, 0.1) is 14.7 Å². The highest BCUT2D eigenvalue weighted by molar-refractivity contribution is 7.80. The fraction of sp³-hybridized carbons (Fsp3) is 0.